The maximum absolute atomic E-state index is 11.0. The molecule has 0 aromatic heterocycles. The summed E-state index contributed by atoms with van der Waals surface area (Å²) in [7, 11) is -2.00. The molecule has 0 heterocycles. The summed E-state index contributed by atoms with van der Waals surface area (Å²) in [6, 6.07) is 2.89. The molecule has 0 atom stereocenters. The summed E-state index contributed by atoms with van der Waals surface area (Å²) in [5, 5.41) is 0.572. The average Bonchev–Trinajstić information content (AvgIpc) is 1.99. The van der Waals surface area contributed by atoms with Crippen LogP contribution in [0.15, 0.2) is 12.1 Å². The summed E-state index contributed by atoms with van der Waals surface area (Å²) in [5.74, 6) is 0.242. The Bertz CT molecular complexity index is 473. The van der Waals surface area contributed by atoms with Crippen LogP contribution in [0, 0.1) is 0 Å². The zero-order chi connectivity index (χ0) is 11.6. The molecule has 84 valence electrons. The van der Waals surface area contributed by atoms with Gasteiger partial charge in [0.05, 0.1) is 24.1 Å². The molecule has 0 saturated carbocycles. The first kappa shape index (κ1) is 12.4. The zero-order valence-corrected chi connectivity index (χ0v) is 10.4. The van der Waals surface area contributed by atoms with Gasteiger partial charge in [0.25, 0.3) is 0 Å². The van der Waals surface area contributed by atoms with E-state index in [0.717, 1.165) is 6.26 Å². The Morgan fingerprint density at radius 2 is 1.93 bits per heavy atom. The third-order valence-electron chi connectivity index (χ3n) is 1.51. The van der Waals surface area contributed by atoms with Gasteiger partial charge < -0.3 is 4.74 Å². The minimum absolute atomic E-state index is 0.220. The second-order valence-electron chi connectivity index (χ2n) is 2.84. The monoisotopic (exact) mass is 269 g/mol. The lowest BCUT2D eigenvalue weighted by Crippen LogP contribution is -2.10. The zero-order valence-electron chi connectivity index (χ0n) is 8.04. The number of hydrogen-bond donors (Lipinski definition) is 1. The highest BCUT2D eigenvalue weighted by Gasteiger charge is 2.12. The Hall–Kier alpha value is -0.650. The fourth-order valence-corrected chi connectivity index (χ4v) is 2.17. The lowest BCUT2D eigenvalue weighted by molar-refractivity contribution is 0.417. The van der Waals surface area contributed by atoms with E-state index in [-0.39, 0.29) is 16.5 Å². The minimum atomic E-state index is -3.39. The molecule has 7 heteroatoms. The van der Waals surface area contributed by atoms with Crippen molar-refractivity contribution in [2.75, 3.05) is 18.1 Å². The summed E-state index contributed by atoms with van der Waals surface area (Å²) in [4.78, 5) is 0. The number of sulfonamides is 1. The van der Waals surface area contributed by atoms with Gasteiger partial charge in [-0.15, -0.1) is 0 Å². The Morgan fingerprint density at radius 1 is 1.33 bits per heavy atom. The van der Waals surface area contributed by atoms with E-state index < -0.39 is 10.0 Å². The van der Waals surface area contributed by atoms with Gasteiger partial charge in [-0.3, -0.25) is 4.72 Å². The molecule has 0 bridgehead atoms. The second kappa shape index (κ2) is 4.47. The van der Waals surface area contributed by atoms with Crippen LogP contribution in [0.3, 0.4) is 0 Å². The first-order valence-corrected chi connectivity index (χ1v) is 6.49. The highest BCUT2D eigenvalue weighted by Crippen LogP contribution is 2.36. The van der Waals surface area contributed by atoms with Crippen molar-refractivity contribution in [3.8, 4) is 5.75 Å². The van der Waals surface area contributed by atoms with Gasteiger partial charge in [-0.25, -0.2) is 8.42 Å². The summed E-state index contributed by atoms with van der Waals surface area (Å²) in [6.07, 6.45) is 1.03. The van der Waals surface area contributed by atoms with Crippen LogP contribution in [0.4, 0.5) is 5.69 Å². The second-order valence-corrected chi connectivity index (χ2v) is 5.43. The van der Waals surface area contributed by atoms with Gasteiger partial charge in [-0.2, -0.15) is 0 Å². The van der Waals surface area contributed by atoms with Gasteiger partial charge in [0.2, 0.25) is 10.0 Å². The predicted molar refractivity (Wildman–Crippen MR) is 61.5 cm³/mol. The predicted octanol–water partition coefficient (Wildman–Crippen LogP) is 2.37. The highest BCUT2D eigenvalue weighted by molar-refractivity contribution is 7.92. The van der Waals surface area contributed by atoms with E-state index in [4.69, 9.17) is 27.9 Å². The minimum Gasteiger partial charge on any atom is -0.493 e. The maximum atomic E-state index is 11.0. The van der Waals surface area contributed by atoms with Crippen LogP contribution in [-0.2, 0) is 10.0 Å². The summed E-state index contributed by atoms with van der Waals surface area (Å²) in [5.41, 5.74) is 0.220. The SMILES string of the molecule is COc1c(Cl)cc(Cl)cc1NS(C)(=O)=O. The molecule has 4 nitrogen and oxygen atoms in total. The molecule has 1 aromatic carbocycles. The molecule has 1 rings (SSSR count). The van der Waals surface area contributed by atoms with E-state index in [1.807, 2.05) is 0 Å². The van der Waals surface area contributed by atoms with E-state index in [2.05, 4.69) is 4.72 Å². The van der Waals surface area contributed by atoms with Crippen molar-refractivity contribution in [2.24, 2.45) is 0 Å². The maximum Gasteiger partial charge on any atom is 0.229 e. The number of methoxy groups -OCH3 is 1. The third-order valence-corrected chi connectivity index (χ3v) is 2.60. The number of nitrogens with one attached hydrogen (secondary N) is 1. The average molecular weight is 270 g/mol. The van der Waals surface area contributed by atoms with Gasteiger partial charge in [-0.1, -0.05) is 23.2 Å². The lowest BCUT2D eigenvalue weighted by Gasteiger charge is -2.11. The van der Waals surface area contributed by atoms with E-state index in [9.17, 15) is 8.42 Å². The fourth-order valence-electron chi connectivity index (χ4n) is 1.04. The Labute approximate surface area is 98.2 Å². The van der Waals surface area contributed by atoms with Crippen LogP contribution >= 0.6 is 23.2 Å². The molecule has 1 aromatic rings. The van der Waals surface area contributed by atoms with E-state index in [0.29, 0.717) is 5.02 Å². The smallest absolute Gasteiger partial charge is 0.229 e. The van der Waals surface area contributed by atoms with Crippen molar-refractivity contribution in [1.29, 1.82) is 0 Å². The largest absolute Gasteiger partial charge is 0.493 e. The normalized spacial score (nSPS) is 11.2. The Balaban J connectivity index is 3.27. The van der Waals surface area contributed by atoms with Crippen molar-refractivity contribution in [3.63, 3.8) is 0 Å². The highest BCUT2D eigenvalue weighted by atomic mass is 35.5. The van der Waals surface area contributed by atoms with E-state index in [1.54, 1.807) is 0 Å². The van der Waals surface area contributed by atoms with Crippen LogP contribution in [0.25, 0.3) is 0 Å². The lowest BCUT2D eigenvalue weighted by atomic mass is 10.3. The van der Waals surface area contributed by atoms with Crippen LogP contribution in [0.5, 0.6) is 5.75 Å². The number of halogens is 2. The van der Waals surface area contributed by atoms with Gasteiger partial charge in [-0.05, 0) is 12.1 Å². The standard InChI is InChI=1S/C8H9Cl2NO3S/c1-14-8-6(10)3-5(9)4-7(8)11-15(2,12)13/h3-4,11H,1-2H3. The number of hydrogen-bond acceptors (Lipinski definition) is 3. The van der Waals surface area contributed by atoms with Crippen LogP contribution < -0.4 is 9.46 Å². The quantitative estimate of drug-likeness (QED) is 0.917. The Kier molecular flexibility index (Phi) is 3.70. The first-order chi connectivity index (χ1) is 6.83. The molecule has 0 spiro atoms. The van der Waals surface area contributed by atoms with Crippen molar-refractivity contribution in [3.05, 3.63) is 22.2 Å². The molecule has 0 aliphatic rings. The first-order valence-electron chi connectivity index (χ1n) is 3.84. The van der Waals surface area contributed by atoms with E-state index >= 15 is 0 Å². The molecule has 0 amide bonds. The van der Waals surface area contributed by atoms with Crippen LogP contribution in [0.2, 0.25) is 10.0 Å². The number of anilines is 1. The molecule has 0 aliphatic heterocycles. The molecule has 15 heavy (non-hydrogen) atoms. The summed E-state index contributed by atoms with van der Waals surface area (Å²) < 4.78 is 29.3. The molecule has 0 unspecified atom stereocenters. The van der Waals surface area contributed by atoms with E-state index in [1.165, 1.54) is 19.2 Å². The van der Waals surface area contributed by atoms with Crippen LogP contribution in [0.1, 0.15) is 0 Å². The molecular weight excluding hydrogens is 261 g/mol. The van der Waals surface area contributed by atoms with Crippen LogP contribution in [-0.4, -0.2) is 21.8 Å². The van der Waals surface area contributed by atoms with Gasteiger partial charge in [0.1, 0.15) is 0 Å². The molecular formula is C8H9Cl2NO3S. The number of rotatable bonds is 3. The number of ether oxygens (including phenoxy) is 1. The summed E-state index contributed by atoms with van der Waals surface area (Å²) >= 11 is 11.6. The molecule has 1 N–H and O–H groups in total. The Morgan fingerprint density at radius 3 is 2.40 bits per heavy atom. The molecule has 0 saturated heterocycles. The summed E-state index contributed by atoms with van der Waals surface area (Å²) in [6.45, 7) is 0. The van der Waals surface area contributed by atoms with Gasteiger partial charge in [0, 0.05) is 5.02 Å². The van der Waals surface area contributed by atoms with Crippen molar-refractivity contribution in [2.45, 2.75) is 0 Å². The van der Waals surface area contributed by atoms with Crippen molar-refractivity contribution >= 4 is 38.9 Å². The topological polar surface area (TPSA) is 55.4 Å². The van der Waals surface area contributed by atoms with Gasteiger partial charge in [0.15, 0.2) is 5.75 Å². The molecule has 0 fully saturated rings. The fraction of sp³-hybridized carbons (Fsp3) is 0.250. The third kappa shape index (κ3) is 3.44. The molecule has 0 radical (unpaired) electrons. The number of benzene rings is 1. The van der Waals surface area contributed by atoms with Crippen molar-refractivity contribution < 1.29 is 13.2 Å². The van der Waals surface area contributed by atoms with Gasteiger partial charge >= 0.3 is 0 Å². The van der Waals surface area contributed by atoms with Crippen molar-refractivity contribution in [1.82, 2.24) is 0 Å². The molecule has 0 aliphatic carbocycles.